The second kappa shape index (κ2) is 3.95. The third-order valence-corrected chi connectivity index (χ3v) is 3.18. The minimum absolute atomic E-state index is 0.484. The number of thiophene rings is 1. The van der Waals surface area contributed by atoms with Gasteiger partial charge in [0.25, 0.3) is 0 Å². The normalized spacial score (nSPS) is 12.7. The van der Waals surface area contributed by atoms with Crippen molar-refractivity contribution in [1.29, 1.82) is 0 Å². The minimum atomic E-state index is -0.484. The Labute approximate surface area is 87.7 Å². The highest BCUT2D eigenvalue weighted by Gasteiger charge is 2.12. The summed E-state index contributed by atoms with van der Waals surface area (Å²) in [6.45, 7) is 2.03. The Bertz CT molecular complexity index is 405. The van der Waals surface area contributed by atoms with Gasteiger partial charge in [0, 0.05) is 0 Å². The predicted octanol–water partition coefficient (Wildman–Crippen LogP) is 3.14. The first kappa shape index (κ1) is 9.44. The largest absolute Gasteiger partial charge is 0.384 e. The van der Waals surface area contributed by atoms with E-state index in [1.165, 1.54) is 0 Å². The lowest BCUT2D eigenvalue weighted by Gasteiger charge is -2.10. The number of aryl methyl sites for hydroxylation is 1. The van der Waals surface area contributed by atoms with Gasteiger partial charge in [0.15, 0.2) is 0 Å². The summed E-state index contributed by atoms with van der Waals surface area (Å²) in [5.41, 5.74) is 3.13. The van der Waals surface area contributed by atoms with Crippen molar-refractivity contribution in [1.82, 2.24) is 0 Å². The van der Waals surface area contributed by atoms with E-state index in [4.69, 9.17) is 0 Å². The molecule has 1 aromatic heterocycles. The first-order valence-corrected chi connectivity index (χ1v) is 5.49. The molecule has 0 radical (unpaired) electrons. The van der Waals surface area contributed by atoms with Crippen LogP contribution >= 0.6 is 11.3 Å². The Morgan fingerprint density at radius 1 is 1.14 bits per heavy atom. The zero-order valence-electron chi connectivity index (χ0n) is 7.97. The van der Waals surface area contributed by atoms with Crippen LogP contribution in [0.2, 0.25) is 0 Å². The van der Waals surface area contributed by atoms with E-state index in [9.17, 15) is 5.11 Å². The second-order valence-electron chi connectivity index (χ2n) is 3.32. The van der Waals surface area contributed by atoms with Crippen molar-refractivity contribution in [3.05, 3.63) is 57.8 Å². The molecule has 14 heavy (non-hydrogen) atoms. The molecule has 0 spiro atoms. The van der Waals surface area contributed by atoms with Gasteiger partial charge in [0.2, 0.25) is 0 Å². The predicted molar refractivity (Wildman–Crippen MR) is 59.6 cm³/mol. The lowest BCUT2D eigenvalue weighted by Crippen LogP contribution is -1.98. The quantitative estimate of drug-likeness (QED) is 0.796. The fourth-order valence-corrected chi connectivity index (χ4v) is 2.34. The van der Waals surface area contributed by atoms with Gasteiger partial charge in [-0.3, -0.25) is 0 Å². The summed E-state index contributed by atoms with van der Waals surface area (Å²) in [4.78, 5) is 0. The molecule has 0 amide bonds. The van der Waals surface area contributed by atoms with E-state index in [1.54, 1.807) is 11.3 Å². The molecule has 2 rings (SSSR count). The van der Waals surface area contributed by atoms with Gasteiger partial charge in [-0.25, -0.2) is 0 Å². The Hall–Kier alpha value is -1.12. The van der Waals surface area contributed by atoms with Crippen molar-refractivity contribution in [2.75, 3.05) is 0 Å². The highest BCUT2D eigenvalue weighted by Crippen LogP contribution is 2.26. The average Bonchev–Trinajstić information content (AvgIpc) is 2.65. The fourth-order valence-electron chi connectivity index (χ4n) is 1.47. The standard InChI is InChI=1S/C12H12OS/c1-9-7-14-8-11(9)12(13)10-5-3-2-4-6-10/h2-8,12-13H,1H3. The van der Waals surface area contributed by atoms with Crippen LogP contribution < -0.4 is 0 Å². The molecule has 1 atom stereocenters. The third kappa shape index (κ3) is 1.72. The lowest BCUT2D eigenvalue weighted by molar-refractivity contribution is 0.220. The van der Waals surface area contributed by atoms with Crippen molar-refractivity contribution >= 4 is 11.3 Å². The van der Waals surface area contributed by atoms with Crippen LogP contribution in [0.25, 0.3) is 0 Å². The zero-order valence-corrected chi connectivity index (χ0v) is 8.79. The molecule has 2 aromatic rings. The molecular formula is C12H12OS. The van der Waals surface area contributed by atoms with Gasteiger partial charge in [-0.2, -0.15) is 11.3 Å². The summed E-state index contributed by atoms with van der Waals surface area (Å²) in [7, 11) is 0. The third-order valence-electron chi connectivity index (χ3n) is 2.31. The molecule has 0 saturated carbocycles. The molecule has 0 aliphatic carbocycles. The highest BCUT2D eigenvalue weighted by molar-refractivity contribution is 7.08. The molecule has 0 aliphatic heterocycles. The fraction of sp³-hybridized carbons (Fsp3) is 0.167. The van der Waals surface area contributed by atoms with E-state index in [1.807, 2.05) is 42.6 Å². The molecule has 1 unspecified atom stereocenters. The maximum atomic E-state index is 10.1. The highest BCUT2D eigenvalue weighted by atomic mass is 32.1. The van der Waals surface area contributed by atoms with Crippen LogP contribution in [0.15, 0.2) is 41.1 Å². The van der Waals surface area contributed by atoms with E-state index in [0.29, 0.717) is 0 Å². The molecule has 1 heterocycles. The number of hydrogen-bond donors (Lipinski definition) is 1. The summed E-state index contributed by atoms with van der Waals surface area (Å²) >= 11 is 1.63. The molecule has 0 saturated heterocycles. The topological polar surface area (TPSA) is 20.2 Å². The van der Waals surface area contributed by atoms with Crippen LogP contribution in [-0.4, -0.2) is 5.11 Å². The van der Waals surface area contributed by atoms with Crippen molar-refractivity contribution in [3.63, 3.8) is 0 Å². The van der Waals surface area contributed by atoms with Crippen LogP contribution in [0, 0.1) is 6.92 Å². The van der Waals surface area contributed by atoms with E-state index < -0.39 is 6.10 Å². The lowest BCUT2D eigenvalue weighted by atomic mass is 10.0. The second-order valence-corrected chi connectivity index (χ2v) is 4.07. The molecule has 0 bridgehead atoms. The summed E-state index contributed by atoms with van der Waals surface area (Å²) < 4.78 is 0. The molecular weight excluding hydrogens is 192 g/mol. The van der Waals surface area contributed by atoms with Crippen molar-refractivity contribution in [3.8, 4) is 0 Å². The number of aliphatic hydroxyl groups is 1. The van der Waals surface area contributed by atoms with Gasteiger partial charge < -0.3 is 5.11 Å². The molecule has 0 fully saturated rings. The van der Waals surface area contributed by atoms with Crippen molar-refractivity contribution in [2.24, 2.45) is 0 Å². The Balaban J connectivity index is 2.34. The molecule has 1 N–H and O–H groups in total. The van der Waals surface area contributed by atoms with Crippen LogP contribution in [0.4, 0.5) is 0 Å². The molecule has 72 valence electrons. The monoisotopic (exact) mass is 204 g/mol. The van der Waals surface area contributed by atoms with Gasteiger partial charge >= 0.3 is 0 Å². The first-order valence-electron chi connectivity index (χ1n) is 4.54. The number of hydrogen-bond acceptors (Lipinski definition) is 2. The number of rotatable bonds is 2. The van der Waals surface area contributed by atoms with E-state index in [2.05, 4.69) is 5.38 Å². The SMILES string of the molecule is Cc1cscc1C(O)c1ccccc1. The molecule has 1 nitrogen and oxygen atoms in total. The first-order chi connectivity index (χ1) is 6.79. The average molecular weight is 204 g/mol. The number of benzene rings is 1. The summed E-state index contributed by atoms with van der Waals surface area (Å²) in [5, 5.41) is 14.1. The van der Waals surface area contributed by atoms with E-state index in [-0.39, 0.29) is 0 Å². The van der Waals surface area contributed by atoms with Gasteiger partial charge in [0.1, 0.15) is 6.10 Å². The molecule has 0 aliphatic rings. The van der Waals surface area contributed by atoms with Gasteiger partial charge in [-0.15, -0.1) is 0 Å². The summed E-state index contributed by atoms with van der Waals surface area (Å²) in [6, 6.07) is 9.74. The maximum absolute atomic E-state index is 10.1. The van der Waals surface area contributed by atoms with Gasteiger partial charge in [-0.05, 0) is 34.4 Å². The van der Waals surface area contributed by atoms with E-state index >= 15 is 0 Å². The summed E-state index contributed by atoms with van der Waals surface area (Å²) in [6.07, 6.45) is -0.484. The van der Waals surface area contributed by atoms with Crippen LogP contribution in [0.5, 0.6) is 0 Å². The smallest absolute Gasteiger partial charge is 0.105 e. The van der Waals surface area contributed by atoms with Crippen LogP contribution in [0.3, 0.4) is 0 Å². The molecule has 2 heteroatoms. The Morgan fingerprint density at radius 2 is 1.86 bits per heavy atom. The molecule has 1 aromatic carbocycles. The van der Waals surface area contributed by atoms with Gasteiger partial charge in [0.05, 0.1) is 0 Å². The van der Waals surface area contributed by atoms with Crippen LogP contribution in [0.1, 0.15) is 22.8 Å². The Morgan fingerprint density at radius 3 is 2.43 bits per heavy atom. The van der Waals surface area contributed by atoms with E-state index in [0.717, 1.165) is 16.7 Å². The minimum Gasteiger partial charge on any atom is -0.384 e. The Kier molecular flexibility index (Phi) is 2.66. The van der Waals surface area contributed by atoms with Gasteiger partial charge in [-0.1, -0.05) is 30.3 Å². The number of aliphatic hydroxyl groups excluding tert-OH is 1. The van der Waals surface area contributed by atoms with Crippen molar-refractivity contribution < 1.29 is 5.11 Å². The van der Waals surface area contributed by atoms with Crippen molar-refractivity contribution in [2.45, 2.75) is 13.0 Å². The zero-order chi connectivity index (χ0) is 9.97. The maximum Gasteiger partial charge on any atom is 0.105 e. The summed E-state index contributed by atoms with van der Waals surface area (Å²) in [5.74, 6) is 0. The van der Waals surface area contributed by atoms with Crippen LogP contribution in [-0.2, 0) is 0 Å².